The van der Waals surface area contributed by atoms with Crippen LogP contribution in [0.1, 0.15) is 33.9 Å². The van der Waals surface area contributed by atoms with Gasteiger partial charge in [0.25, 0.3) is 0 Å². The third-order valence-corrected chi connectivity index (χ3v) is 3.01. The van der Waals surface area contributed by atoms with Gasteiger partial charge in [-0.25, -0.2) is 0 Å². The van der Waals surface area contributed by atoms with Crippen LogP contribution in [0.3, 0.4) is 0 Å². The number of nitrogens with zero attached hydrogens (tertiary/aromatic N) is 1. The maximum absolute atomic E-state index is 12.9. The summed E-state index contributed by atoms with van der Waals surface area (Å²) in [7, 11) is 0. The lowest BCUT2D eigenvalue weighted by atomic mass is 9.96. The summed E-state index contributed by atoms with van der Waals surface area (Å²) >= 11 is 0. The van der Waals surface area contributed by atoms with Crippen LogP contribution in [0.4, 0.5) is 13.2 Å². The van der Waals surface area contributed by atoms with Gasteiger partial charge in [0.05, 0.1) is 5.56 Å². The summed E-state index contributed by atoms with van der Waals surface area (Å²) in [6.07, 6.45) is -3.73. The fraction of sp³-hybridized carbons (Fsp3) is 0.267. The van der Waals surface area contributed by atoms with Crippen LogP contribution in [0.25, 0.3) is 0 Å². The summed E-state index contributed by atoms with van der Waals surface area (Å²) in [5, 5.41) is 10.2. The predicted octanol–water partition coefficient (Wildman–Crippen LogP) is 3.80. The molecule has 0 bridgehead atoms. The number of pyridine rings is 1. The molecule has 1 aromatic carbocycles. The first-order valence-electron chi connectivity index (χ1n) is 6.06. The number of hydrogen-bond acceptors (Lipinski definition) is 2. The van der Waals surface area contributed by atoms with Gasteiger partial charge in [-0.3, -0.25) is 4.98 Å². The second-order valence-electron chi connectivity index (χ2n) is 4.78. The first-order chi connectivity index (χ1) is 9.29. The number of aliphatic hydroxyl groups excluding tert-OH is 1. The van der Waals surface area contributed by atoms with Crippen LogP contribution in [-0.2, 0) is 6.18 Å². The standard InChI is InChI=1S/C15H14F3NO/c1-9-5-10(2)7-11(6-9)14(20)12-8-19-4-3-13(12)15(16,17)18/h3-8,14,20H,1-2H3. The van der Waals surface area contributed by atoms with Crippen LogP contribution in [-0.4, -0.2) is 10.1 Å². The van der Waals surface area contributed by atoms with Crippen molar-refractivity contribution in [2.24, 2.45) is 0 Å². The number of aryl methyl sites for hydroxylation is 2. The van der Waals surface area contributed by atoms with Crippen LogP contribution in [0.2, 0.25) is 0 Å². The normalized spacial score (nSPS) is 13.3. The second kappa shape index (κ2) is 5.25. The molecule has 2 aromatic rings. The van der Waals surface area contributed by atoms with E-state index < -0.39 is 17.8 Å². The zero-order valence-electron chi connectivity index (χ0n) is 11.1. The van der Waals surface area contributed by atoms with Crippen molar-refractivity contribution >= 4 is 0 Å². The first-order valence-corrected chi connectivity index (χ1v) is 6.06. The molecule has 0 saturated heterocycles. The molecular weight excluding hydrogens is 267 g/mol. The van der Waals surface area contributed by atoms with Crippen molar-refractivity contribution in [2.45, 2.75) is 26.1 Å². The van der Waals surface area contributed by atoms with Gasteiger partial charge in [0, 0.05) is 18.0 Å². The number of benzene rings is 1. The Morgan fingerprint density at radius 3 is 2.25 bits per heavy atom. The number of aliphatic hydroxyl groups is 1. The van der Waals surface area contributed by atoms with Crippen molar-refractivity contribution in [3.63, 3.8) is 0 Å². The molecule has 1 atom stereocenters. The fourth-order valence-corrected chi connectivity index (χ4v) is 2.23. The molecule has 0 amide bonds. The summed E-state index contributed by atoms with van der Waals surface area (Å²) < 4.78 is 38.8. The van der Waals surface area contributed by atoms with Crippen LogP contribution >= 0.6 is 0 Å². The van der Waals surface area contributed by atoms with Gasteiger partial charge in [0.1, 0.15) is 6.10 Å². The minimum absolute atomic E-state index is 0.231. The Labute approximate surface area is 114 Å². The molecule has 0 aliphatic heterocycles. The lowest BCUT2D eigenvalue weighted by Crippen LogP contribution is -2.13. The Bertz CT molecular complexity index is 603. The van der Waals surface area contributed by atoms with Crippen molar-refractivity contribution in [1.82, 2.24) is 4.98 Å². The molecule has 1 aromatic heterocycles. The van der Waals surface area contributed by atoms with E-state index in [9.17, 15) is 18.3 Å². The molecular formula is C15H14F3NO. The third kappa shape index (κ3) is 2.99. The van der Waals surface area contributed by atoms with Crippen molar-refractivity contribution in [3.8, 4) is 0 Å². The summed E-state index contributed by atoms with van der Waals surface area (Å²) in [5.74, 6) is 0. The average molecular weight is 281 g/mol. The Kier molecular flexibility index (Phi) is 3.81. The monoisotopic (exact) mass is 281 g/mol. The van der Waals surface area contributed by atoms with Gasteiger partial charge in [-0.15, -0.1) is 0 Å². The lowest BCUT2D eigenvalue weighted by molar-refractivity contribution is -0.139. The number of alkyl halides is 3. The molecule has 0 saturated carbocycles. The van der Waals surface area contributed by atoms with E-state index in [0.717, 1.165) is 29.6 Å². The molecule has 1 heterocycles. The molecule has 0 spiro atoms. The quantitative estimate of drug-likeness (QED) is 0.908. The summed E-state index contributed by atoms with van der Waals surface area (Å²) in [6.45, 7) is 3.66. The minimum Gasteiger partial charge on any atom is -0.384 e. The van der Waals surface area contributed by atoms with E-state index in [1.54, 1.807) is 12.1 Å². The van der Waals surface area contributed by atoms with E-state index in [1.165, 1.54) is 0 Å². The van der Waals surface area contributed by atoms with Crippen molar-refractivity contribution in [2.75, 3.05) is 0 Å². The highest BCUT2D eigenvalue weighted by atomic mass is 19.4. The van der Waals surface area contributed by atoms with Gasteiger partial charge < -0.3 is 5.11 Å². The molecule has 2 rings (SSSR count). The second-order valence-corrected chi connectivity index (χ2v) is 4.78. The van der Waals surface area contributed by atoms with Gasteiger partial charge in [-0.2, -0.15) is 13.2 Å². The molecule has 106 valence electrons. The molecule has 5 heteroatoms. The van der Waals surface area contributed by atoms with E-state index in [4.69, 9.17) is 0 Å². The smallest absolute Gasteiger partial charge is 0.384 e. The molecule has 0 aliphatic carbocycles. The average Bonchev–Trinajstić information content (AvgIpc) is 2.35. The van der Waals surface area contributed by atoms with Crippen molar-refractivity contribution in [3.05, 3.63) is 64.5 Å². The highest BCUT2D eigenvalue weighted by Gasteiger charge is 2.35. The molecule has 1 unspecified atom stereocenters. The number of aromatic nitrogens is 1. The Morgan fingerprint density at radius 2 is 1.70 bits per heavy atom. The SMILES string of the molecule is Cc1cc(C)cc(C(O)c2cnccc2C(F)(F)F)c1. The van der Waals surface area contributed by atoms with Crippen LogP contribution in [0, 0.1) is 13.8 Å². The topological polar surface area (TPSA) is 33.1 Å². The van der Waals surface area contributed by atoms with Crippen LogP contribution in [0.15, 0.2) is 36.7 Å². The summed E-state index contributed by atoms with van der Waals surface area (Å²) in [5.41, 5.74) is 1.11. The van der Waals surface area contributed by atoms with E-state index in [2.05, 4.69) is 4.98 Å². The van der Waals surface area contributed by atoms with Crippen LogP contribution in [0.5, 0.6) is 0 Å². The van der Waals surface area contributed by atoms with E-state index in [-0.39, 0.29) is 5.56 Å². The zero-order chi connectivity index (χ0) is 14.9. The third-order valence-electron chi connectivity index (χ3n) is 3.01. The molecule has 0 aliphatic rings. The number of rotatable bonds is 2. The van der Waals surface area contributed by atoms with Gasteiger partial charge in [-0.05, 0) is 25.5 Å². The highest BCUT2D eigenvalue weighted by molar-refractivity contribution is 5.38. The largest absolute Gasteiger partial charge is 0.416 e. The van der Waals surface area contributed by atoms with E-state index in [0.29, 0.717) is 5.56 Å². The van der Waals surface area contributed by atoms with E-state index in [1.807, 2.05) is 19.9 Å². The summed E-state index contributed by atoms with van der Waals surface area (Å²) in [6, 6.07) is 6.11. The van der Waals surface area contributed by atoms with Gasteiger partial charge in [0.2, 0.25) is 0 Å². The van der Waals surface area contributed by atoms with Gasteiger partial charge in [0.15, 0.2) is 0 Å². The van der Waals surface area contributed by atoms with Gasteiger partial charge >= 0.3 is 6.18 Å². The Hall–Kier alpha value is -1.88. The molecule has 0 radical (unpaired) electrons. The number of halogens is 3. The molecule has 2 nitrogen and oxygen atoms in total. The Morgan fingerprint density at radius 1 is 1.10 bits per heavy atom. The van der Waals surface area contributed by atoms with Crippen molar-refractivity contribution in [1.29, 1.82) is 0 Å². The molecule has 20 heavy (non-hydrogen) atoms. The summed E-state index contributed by atoms with van der Waals surface area (Å²) in [4.78, 5) is 3.69. The molecule has 1 N–H and O–H groups in total. The maximum atomic E-state index is 12.9. The molecule has 0 fully saturated rings. The first kappa shape index (κ1) is 14.5. The highest BCUT2D eigenvalue weighted by Crippen LogP contribution is 2.36. The van der Waals surface area contributed by atoms with Gasteiger partial charge in [-0.1, -0.05) is 29.3 Å². The van der Waals surface area contributed by atoms with Crippen LogP contribution < -0.4 is 0 Å². The number of hydrogen-bond donors (Lipinski definition) is 1. The zero-order valence-corrected chi connectivity index (χ0v) is 11.1. The predicted molar refractivity (Wildman–Crippen MR) is 69.2 cm³/mol. The Balaban J connectivity index is 2.51. The fourth-order valence-electron chi connectivity index (χ4n) is 2.23. The lowest BCUT2D eigenvalue weighted by Gasteiger charge is -2.18. The van der Waals surface area contributed by atoms with Crippen molar-refractivity contribution < 1.29 is 18.3 Å². The minimum atomic E-state index is -4.52. The maximum Gasteiger partial charge on any atom is 0.416 e. The van der Waals surface area contributed by atoms with E-state index >= 15 is 0 Å².